The Kier molecular flexibility index (Phi) is 3.36. The topological polar surface area (TPSA) is 52.0 Å². The number of nitrogen functional groups attached to an aromatic ring is 2. The average Bonchev–Trinajstić information content (AvgIpc) is 2.51. The average molecular weight is 274 g/mol. The van der Waals surface area contributed by atoms with Crippen LogP contribution in [0.4, 0.5) is 11.4 Å². The third kappa shape index (κ3) is 2.61. The van der Waals surface area contributed by atoms with Crippen molar-refractivity contribution in [3.8, 4) is 22.3 Å². The van der Waals surface area contributed by atoms with E-state index in [2.05, 4.69) is 30.3 Å². The fourth-order valence-electron chi connectivity index (χ4n) is 2.51. The molecule has 0 aliphatic heterocycles. The molecule has 0 aromatic heterocycles. The lowest BCUT2D eigenvalue weighted by molar-refractivity contribution is 1.46. The van der Waals surface area contributed by atoms with Crippen molar-refractivity contribution in [3.63, 3.8) is 0 Å². The van der Waals surface area contributed by atoms with Gasteiger partial charge in [-0.05, 0) is 59.0 Å². The van der Waals surface area contributed by atoms with Crippen LogP contribution in [0.2, 0.25) is 0 Å². The smallest absolute Gasteiger partial charge is 0.0344 e. The van der Waals surface area contributed by atoms with Gasteiger partial charge in [0.15, 0.2) is 0 Å². The maximum absolute atomic E-state index is 5.98. The second-order valence-electron chi connectivity index (χ2n) is 5.24. The number of aryl methyl sites for hydroxylation is 1. The first kappa shape index (κ1) is 13.3. The summed E-state index contributed by atoms with van der Waals surface area (Å²) in [6, 6.07) is 22.5. The number of anilines is 2. The quantitative estimate of drug-likeness (QED) is 0.676. The second-order valence-corrected chi connectivity index (χ2v) is 5.24. The van der Waals surface area contributed by atoms with Crippen molar-refractivity contribution in [2.45, 2.75) is 6.92 Å². The van der Waals surface area contributed by atoms with Gasteiger partial charge in [-0.1, -0.05) is 42.5 Å². The molecule has 3 aromatic rings. The van der Waals surface area contributed by atoms with Gasteiger partial charge in [0, 0.05) is 11.4 Å². The lowest BCUT2D eigenvalue weighted by Crippen LogP contribution is -1.92. The predicted molar refractivity (Wildman–Crippen MR) is 90.9 cm³/mol. The van der Waals surface area contributed by atoms with E-state index in [1.54, 1.807) is 0 Å². The monoisotopic (exact) mass is 274 g/mol. The van der Waals surface area contributed by atoms with Crippen molar-refractivity contribution < 1.29 is 0 Å². The first-order valence-corrected chi connectivity index (χ1v) is 6.96. The lowest BCUT2D eigenvalue weighted by atomic mass is 9.93. The predicted octanol–water partition coefficient (Wildman–Crippen LogP) is 4.49. The molecule has 21 heavy (non-hydrogen) atoms. The number of hydrogen-bond donors (Lipinski definition) is 2. The summed E-state index contributed by atoms with van der Waals surface area (Å²) < 4.78 is 0. The van der Waals surface area contributed by atoms with Gasteiger partial charge >= 0.3 is 0 Å². The van der Waals surface area contributed by atoms with E-state index in [0.29, 0.717) is 0 Å². The van der Waals surface area contributed by atoms with Gasteiger partial charge in [-0.15, -0.1) is 0 Å². The van der Waals surface area contributed by atoms with E-state index in [-0.39, 0.29) is 0 Å². The van der Waals surface area contributed by atoms with Gasteiger partial charge in [-0.25, -0.2) is 0 Å². The zero-order valence-electron chi connectivity index (χ0n) is 12.0. The molecule has 2 nitrogen and oxygen atoms in total. The third-order valence-electron chi connectivity index (χ3n) is 3.71. The van der Waals surface area contributed by atoms with Crippen LogP contribution in [0.5, 0.6) is 0 Å². The normalized spacial score (nSPS) is 10.5. The summed E-state index contributed by atoms with van der Waals surface area (Å²) in [7, 11) is 0. The van der Waals surface area contributed by atoms with Crippen molar-refractivity contribution in [1.29, 1.82) is 0 Å². The SMILES string of the molecule is Cc1cc(-c2ccc(N)cc2-c2ccccc2)ccc1N. The van der Waals surface area contributed by atoms with Crippen LogP contribution < -0.4 is 11.5 Å². The highest BCUT2D eigenvalue weighted by atomic mass is 14.6. The number of hydrogen-bond acceptors (Lipinski definition) is 2. The van der Waals surface area contributed by atoms with E-state index in [1.165, 1.54) is 5.56 Å². The van der Waals surface area contributed by atoms with Crippen molar-refractivity contribution in [3.05, 3.63) is 72.3 Å². The Morgan fingerprint density at radius 2 is 1.43 bits per heavy atom. The fourth-order valence-corrected chi connectivity index (χ4v) is 2.51. The molecule has 0 bridgehead atoms. The molecule has 0 unspecified atom stereocenters. The van der Waals surface area contributed by atoms with Crippen LogP contribution in [0.15, 0.2) is 66.7 Å². The highest BCUT2D eigenvalue weighted by molar-refractivity contribution is 5.86. The Morgan fingerprint density at radius 3 is 2.14 bits per heavy atom. The molecule has 0 atom stereocenters. The number of benzene rings is 3. The van der Waals surface area contributed by atoms with Crippen LogP contribution in [0.1, 0.15) is 5.56 Å². The second kappa shape index (κ2) is 5.33. The van der Waals surface area contributed by atoms with Crippen molar-refractivity contribution in [2.24, 2.45) is 0 Å². The highest BCUT2D eigenvalue weighted by Crippen LogP contribution is 2.34. The summed E-state index contributed by atoms with van der Waals surface area (Å²) in [4.78, 5) is 0. The maximum atomic E-state index is 5.98. The van der Waals surface area contributed by atoms with E-state index in [1.807, 2.05) is 43.3 Å². The molecule has 0 saturated carbocycles. The van der Waals surface area contributed by atoms with Crippen LogP contribution in [0.25, 0.3) is 22.3 Å². The molecule has 0 fully saturated rings. The molecule has 0 aliphatic carbocycles. The third-order valence-corrected chi connectivity index (χ3v) is 3.71. The standard InChI is InChI=1S/C19H18N2/c1-13-11-15(7-10-19(13)21)17-9-8-16(20)12-18(17)14-5-3-2-4-6-14/h2-12H,20-21H2,1H3. The highest BCUT2D eigenvalue weighted by Gasteiger charge is 2.08. The van der Waals surface area contributed by atoms with Gasteiger partial charge in [0.1, 0.15) is 0 Å². The van der Waals surface area contributed by atoms with E-state index in [0.717, 1.165) is 33.6 Å². The van der Waals surface area contributed by atoms with Gasteiger partial charge in [-0.2, -0.15) is 0 Å². The van der Waals surface area contributed by atoms with Crippen molar-refractivity contribution >= 4 is 11.4 Å². The van der Waals surface area contributed by atoms with Gasteiger partial charge < -0.3 is 11.5 Å². The van der Waals surface area contributed by atoms with E-state index in [9.17, 15) is 0 Å². The molecule has 0 radical (unpaired) electrons. The molecule has 4 N–H and O–H groups in total. The molecule has 0 saturated heterocycles. The molecule has 104 valence electrons. The maximum Gasteiger partial charge on any atom is 0.0344 e. The Hall–Kier alpha value is -2.74. The van der Waals surface area contributed by atoms with Gasteiger partial charge in [0.25, 0.3) is 0 Å². The number of nitrogens with two attached hydrogens (primary N) is 2. The van der Waals surface area contributed by atoms with E-state index >= 15 is 0 Å². The van der Waals surface area contributed by atoms with Crippen LogP contribution >= 0.6 is 0 Å². The summed E-state index contributed by atoms with van der Waals surface area (Å²) in [5.41, 5.74) is 19.2. The van der Waals surface area contributed by atoms with Crippen molar-refractivity contribution in [1.82, 2.24) is 0 Å². The molecule has 0 heterocycles. The van der Waals surface area contributed by atoms with Crippen molar-refractivity contribution in [2.75, 3.05) is 11.5 Å². The van der Waals surface area contributed by atoms with E-state index < -0.39 is 0 Å². The molecule has 0 amide bonds. The zero-order chi connectivity index (χ0) is 14.8. The fraction of sp³-hybridized carbons (Fsp3) is 0.0526. The lowest BCUT2D eigenvalue weighted by Gasteiger charge is -2.12. The molecular weight excluding hydrogens is 256 g/mol. The van der Waals surface area contributed by atoms with Gasteiger partial charge in [0.2, 0.25) is 0 Å². The van der Waals surface area contributed by atoms with E-state index in [4.69, 9.17) is 11.5 Å². The molecule has 0 aliphatic rings. The number of rotatable bonds is 2. The first-order valence-electron chi connectivity index (χ1n) is 6.96. The molecule has 3 rings (SSSR count). The molecule has 0 spiro atoms. The molecule has 3 aromatic carbocycles. The van der Waals surface area contributed by atoms with Gasteiger partial charge in [0.05, 0.1) is 0 Å². The first-order chi connectivity index (χ1) is 10.1. The summed E-state index contributed by atoms with van der Waals surface area (Å²) in [6.07, 6.45) is 0. The largest absolute Gasteiger partial charge is 0.399 e. The summed E-state index contributed by atoms with van der Waals surface area (Å²) in [5.74, 6) is 0. The Balaban J connectivity index is 2.21. The van der Waals surface area contributed by atoms with Crippen LogP contribution in [-0.2, 0) is 0 Å². The summed E-state index contributed by atoms with van der Waals surface area (Å²) in [5, 5.41) is 0. The molecular formula is C19H18N2. The van der Waals surface area contributed by atoms with Crippen LogP contribution in [0, 0.1) is 6.92 Å². The summed E-state index contributed by atoms with van der Waals surface area (Å²) >= 11 is 0. The minimum Gasteiger partial charge on any atom is -0.399 e. The Morgan fingerprint density at radius 1 is 0.667 bits per heavy atom. The Bertz CT molecular complexity index is 777. The molecule has 2 heteroatoms. The summed E-state index contributed by atoms with van der Waals surface area (Å²) in [6.45, 7) is 2.03. The van der Waals surface area contributed by atoms with Crippen LogP contribution in [0.3, 0.4) is 0 Å². The zero-order valence-corrected chi connectivity index (χ0v) is 12.0. The Labute approximate surface area is 125 Å². The minimum atomic E-state index is 0.768. The van der Waals surface area contributed by atoms with Gasteiger partial charge in [-0.3, -0.25) is 0 Å². The minimum absolute atomic E-state index is 0.768. The van der Waals surface area contributed by atoms with Crippen LogP contribution in [-0.4, -0.2) is 0 Å².